The fourth-order valence-corrected chi connectivity index (χ4v) is 2.92. The van der Waals surface area contributed by atoms with Crippen LogP contribution in [0.1, 0.15) is 19.8 Å². The third kappa shape index (κ3) is 5.01. The lowest BCUT2D eigenvalue weighted by atomic mass is 10.1. The Kier molecular flexibility index (Phi) is 6.49. The van der Waals surface area contributed by atoms with Gasteiger partial charge >= 0.3 is 6.03 Å². The van der Waals surface area contributed by atoms with Crippen molar-refractivity contribution in [1.29, 1.82) is 0 Å². The van der Waals surface area contributed by atoms with Crippen molar-refractivity contribution in [2.75, 3.05) is 13.2 Å². The Morgan fingerprint density at radius 1 is 1.04 bits per heavy atom. The van der Waals surface area contributed by atoms with E-state index in [2.05, 4.69) is 5.32 Å². The van der Waals surface area contributed by atoms with E-state index in [0.29, 0.717) is 17.9 Å². The quantitative estimate of drug-likeness (QED) is 0.649. The lowest BCUT2D eigenvalue weighted by Gasteiger charge is -2.18. The second kappa shape index (κ2) is 9.23. The first-order chi connectivity index (χ1) is 13.6. The molecule has 3 amide bonds. The molecule has 7 nitrogen and oxygen atoms in total. The van der Waals surface area contributed by atoms with E-state index in [-0.39, 0.29) is 19.1 Å². The molecule has 1 aliphatic rings. The second-order valence-electron chi connectivity index (χ2n) is 6.59. The molecule has 1 saturated heterocycles. The largest absolute Gasteiger partial charge is 0.491 e. The number of amides is 3. The van der Waals surface area contributed by atoms with Gasteiger partial charge in [0.25, 0.3) is 5.91 Å². The van der Waals surface area contributed by atoms with Gasteiger partial charge in [0.1, 0.15) is 36.0 Å². The van der Waals surface area contributed by atoms with Gasteiger partial charge in [-0.05, 0) is 42.8 Å². The van der Waals surface area contributed by atoms with Crippen molar-refractivity contribution < 1.29 is 24.2 Å². The number of hydrogen-bond acceptors (Lipinski definition) is 5. The summed E-state index contributed by atoms with van der Waals surface area (Å²) in [5.74, 6) is 1.66. The highest BCUT2D eigenvalue weighted by Gasteiger charge is 2.38. The van der Waals surface area contributed by atoms with Crippen LogP contribution in [0.15, 0.2) is 54.6 Å². The van der Waals surface area contributed by atoms with Gasteiger partial charge in [-0.2, -0.15) is 0 Å². The number of ether oxygens (including phenoxy) is 2. The van der Waals surface area contributed by atoms with E-state index < -0.39 is 18.2 Å². The molecule has 0 aromatic heterocycles. The highest BCUT2D eigenvalue weighted by atomic mass is 16.5. The Hall–Kier alpha value is -3.06. The van der Waals surface area contributed by atoms with Crippen LogP contribution in [0.2, 0.25) is 0 Å². The van der Waals surface area contributed by atoms with Gasteiger partial charge in [0.2, 0.25) is 0 Å². The fraction of sp³-hybridized carbons (Fsp3) is 0.333. The van der Waals surface area contributed by atoms with Gasteiger partial charge in [-0.3, -0.25) is 9.69 Å². The highest BCUT2D eigenvalue weighted by Crippen LogP contribution is 2.23. The molecule has 0 saturated carbocycles. The van der Waals surface area contributed by atoms with Gasteiger partial charge < -0.3 is 19.9 Å². The zero-order valence-electron chi connectivity index (χ0n) is 15.7. The number of urea groups is 1. The second-order valence-corrected chi connectivity index (χ2v) is 6.59. The SMILES string of the molecule is CCC[C@@H]1NC(=O)N(C[C@@H](O)COc2ccc(Oc3ccccc3)cc2)C1=O. The maximum atomic E-state index is 12.2. The van der Waals surface area contributed by atoms with Crippen LogP contribution in [0.25, 0.3) is 0 Å². The Morgan fingerprint density at radius 3 is 2.36 bits per heavy atom. The van der Waals surface area contributed by atoms with Crippen LogP contribution in [0.4, 0.5) is 4.79 Å². The van der Waals surface area contributed by atoms with Gasteiger partial charge in [-0.1, -0.05) is 31.5 Å². The molecule has 0 radical (unpaired) electrons. The van der Waals surface area contributed by atoms with Gasteiger partial charge in [0.15, 0.2) is 0 Å². The summed E-state index contributed by atoms with van der Waals surface area (Å²) in [5.41, 5.74) is 0. The average molecular weight is 384 g/mol. The van der Waals surface area contributed by atoms with Gasteiger partial charge in [0.05, 0.1) is 6.54 Å². The van der Waals surface area contributed by atoms with Crippen molar-refractivity contribution in [3.05, 3.63) is 54.6 Å². The lowest BCUT2D eigenvalue weighted by molar-refractivity contribution is -0.128. The maximum Gasteiger partial charge on any atom is 0.324 e. The zero-order valence-corrected chi connectivity index (χ0v) is 15.7. The van der Waals surface area contributed by atoms with Crippen LogP contribution < -0.4 is 14.8 Å². The van der Waals surface area contributed by atoms with E-state index >= 15 is 0 Å². The number of benzene rings is 2. The number of carbonyl (C=O) groups excluding carboxylic acids is 2. The van der Waals surface area contributed by atoms with Crippen molar-refractivity contribution in [3.8, 4) is 17.2 Å². The van der Waals surface area contributed by atoms with Gasteiger partial charge in [-0.25, -0.2) is 4.79 Å². The molecule has 1 heterocycles. The van der Waals surface area contributed by atoms with Crippen molar-refractivity contribution in [1.82, 2.24) is 10.2 Å². The maximum absolute atomic E-state index is 12.2. The van der Waals surface area contributed by atoms with Gasteiger partial charge in [-0.15, -0.1) is 0 Å². The van der Waals surface area contributed by atoms with Crippen molar-refractivity contribution in [2.45, 2.75) is 31.9 Å². The molecule has 2 aromatic rings. The Labute approximate surface area is 163 Å². The first-order valence-electron chi connectivity index (χ1n) is 9.32. The molecule has 0 aliphatic carbocycles. The van der Waals surface area contributed by atoms with E-state index in [4.69, 9.17) is 9.47 Å². The molecule has 0 spiro atoms. The van der Waals surface area contributed by atoms with Crippen molar-refractivity contribution in [2.24, 2.45) is 0 Å². The third-order valence-electron chi connectivity index (χ3n) is 4.32. The van der Waals surface area contributed by atoms with E-state index in [9.17, 15) is 14.7 Å². The average Bonchev–Trinajstić information content (AvgIpc) is 2.96. The predicted molar refractivity (Wildman–Crippen MR) is 103 cm³/mol. The normalized spacial score (nSPS) is 17.4. The summed E-state index contributed by atoms with van der Waals surface area (Å²) in [6.07, 6.45) is 0.404. The van der Waals surface area contributed by atoms with Crippen LogP contribution in [-0.2, 0) is 4.79 Å². The fourth-order valence-electron chi connectivity index (χ4n) is 2.92. The minimum Gasteiger partial charge on any atom is -0.491 e. The van der Waals surface area contributed by atoms with E-state index in [1.54, 1.807) is 24.3 Å². The summed E-state index contributed by atoms with van der Waals surface area (Å²) >= 11 is 0. The van der Waals surface area contributed by atoms with Crippen LogP contribution in [0, 0.1) is 0 Å². The summed E-state index contributed by atoms with van der Waals surface area (Å²) in [5, 5.41) is 12.8. The van der Waals surface area contributed by atoms with E-state index in [0.717, 1.165) is 17.1 Å². The molecule has 2 atom stereocenters. The lowest BCUT2D eigenvalue weighted by Crippen LogP contribution is -2.40. The first-order valence-corrected chi connectivity index (χ1v) is 9.32. The summed E-state index contributed by atoms with van der Waals surface area (Å²) < 4.78 is 11.3. The zero-order chi connectivity index (χ0) is 19.9. The molecule has 0 unspecified atom stereocenters. The molecular weight excluding hydrogens is 360 g/mol. The van der Waals surface area contributed by atoms with Crippen molar-refractivity contribution in [3.63, 3.8) is 0 Å². The number of carbonyl (C=O) groups is 2. The summed E-state index contributed by atoms with van der Waals surface area (Å²) in [7, 11) is 0. The van der Waals surface area contributed by atoms with E-state index in [1.807, 2.05) is 37.3 Å². The number of β-amino-alcohol motifs (C(OH)–C–C–N with tert-alkyl or cyclic N) is 1. The van der Waals surface area contributed by atoms with Crippen molar-refractivity contribution >= 4 is 11.9 Å². The minimum absolute atomic E-state index is 0.0333. The predicted octanol–water partition coefficient (Wildman–Crippen LogP) is 2.94. The summed E-state index contributed by atoms with van der Waals surface area (Å²) in [6, 6.07) is 15.5. The molecule has 7 heteroatoms. The molecule has 28 heavy (non-hydrogen) atoms. The Bertz CT molecular complexity index is 794. The molecule has 148 valence electrons. The molecular formula is C21H24N2O5. The summed E-state index contributed by atoms with van der Waals surface area (Å²) in [6.45, 7) is 1.81. The number of para-hydroxylation sites is 1. The molecule has 1 fully saturated rings. The number of nitrogens with zero attached hydrogens (tertiary/aromatic N) is 1. The molecule has 3 rings (SSSR count). The number of aliphatic hydroxyl groups is 1. The number of rotatable bonds is 9. The number of aliphatic hydroxyl groups excluding tert-OH is 1. The number of nitrogens with one attached hydrogen (secondary N) is 1. The Balaban J connectivity index is 1.47. The molecule has 2 N–H and O–H groups in total. The first kappa shape index (κ1) is 19.7. The smallest absolute Gasteiger partial charge is 0.324 e. The summed E-state index contributed by atoms with van der Waals surface area (Å²) in [4.78, 5) is 25.1. The van der Waals surface area contributed by atoms with Crippen LogP contribution >= 0.6 is 0 Å². The van der Waals surface area contributed by atoms with Gasteiger partial charge in [0, 0.05) is 0 Å². The highest BCUT2D eigenvalue weighted by molar-refractivity contribution is 6.04. The van der Waals surface area contributed by atoms with Crippen LogP contribution in [-0.4, -0.2) is 47.2 Å². The van der Waals surface area contributed by atoms with Crippen LogP contribution in [0.3, 0.4) is 0 Å². The number of imide groups is 1. The Morgan fingerprint density at radius 2 is 1.68 bits per heavy atom. The van der Waals surface area contributed by atoms with Crippen LogP contribution in [0.5, 0.6) is 17.2 Å². The van der Waals surface area contributed by atoms with E-state index in [1.165, 1.54) is 0 Å². The number of hydrogen-bond donors (Lipinski definition) is 2. The minimum atomic E-state index is -0.977. The molecule has 2 aromatic carbocycles. The third-order valence-corrected chi connectivity index (χ3v) is 4.32. The molecule has 1 aliphatic heterocycles. The monoisotopic (exact) mass is 384 g/mol. The standard InChI is InChI=1S/C21H24N2O5/c1-2-6-19-20(25)23(21(26)22-19)13-15(24)14-27-16-9-11-18(12-10-16)28-17-7-4-3-5-8-17/h3-5,7-12,15,19,24H,2,6,13-14H2,1H3,(H,22,26)/t15-,19+/m1/s1. The topological polar surface area (TPSA) is 88.1 Å². The molecule has 0 bridgehead atoms.